The second kappa shape index (κ2) is 7.67. The molecule has 0 fully saturated rings. The molecule has 2 aromatic rings. The highest BCUT2D eigenvalue weighted by atomic mass is 32.2. The largest absolute Gasteiger partial charge is 0.480 e. The van der Waals surface area contributed by atoms with E-state index in [4.69, 9.17) is 14.4 Å². The Morgan fingerprint density at radius 2 is 1.62 bits per heavy atom. The van der Waals surface area contributed by atoms with E-state index in [9.17, 15) is 13.8 Å². The predicted octanol–water partition coefficient (Wildman–Crippen LogP) is 2.20. The number of alkyl carbamates (subject to hydrolysis) is 1. The van der Waals surface area contributed by atoms with E-state index in [-0.39, 0.29) is 12.5 Å². The topological polar surface area (TPSA) is 113 Å². The van der Waals surface area contributed by atoms with Crippen LogP contribution < -0.4 is 5.32 Å². The van der Waals surface area contributed by atoms with Crippen LogP contribution in [0.4, 0.5) is 4.79 Å². The molecule has 7 nitrogen and oxygen atoms in total. The van der Waals surface area contributed by atoms with Gasteiger partial charge in [0.05, 0.1) is 5.75 Å². The molecule has 0 saturated carbocycles. The van der Waals surface area contributed by atoms with Gasteiger partial charge in [-0.05, 0) is 22.3 Å². The van der Waals surface area contributed by atoms with Crippen LogP contribution in [0.2, 0.25) is 0 Å². The lowest BCUT2D eigenvalue weighted by molar-refractivity contribution is -0.138. The molecule has 2 atom stereocenters. The normalized spacial score (nSPS) is 14.8. The molecule has 0 aromatic heterocycles. The number of amides is 1. The third kappa shape index (κ3) is 3.76. The zero-order valence-electron chi connectivity index (χ0n) is 13.6. The molecule has 3 rings (SSSR count). The first-order chi connectivity index (χ1) is 12.5. The molecule has 2 unspecified atom stereocenters. The summed E-state index contributed by atoms with van der Waals surface area (Å²) in [4.78, 5) is 23.0. The van der Waals surface area contributed by atoms with Gasteiger partial charge in [-0.25, -0.2) is 13.8 Å². The van der Waals surface area contributed by atoms with Gasteiger partial charge >= 0.3 is 12.1 Å². The van der Waals surface area contributed by atoms with Crippen molar-refractivity contribution in [1.82, 2.24) is 5.32 Å². The lowest BCUT2D eigenvalue weighted by atomic mass is 9.98. The first kappa shape index (κ1) is 18.1. The summed E-state index contributed by atoms with van der Waals surface area (Å²) in [7, 11) is 0. The van der Waals surface area contributed by atoms with Gasteiger partial charge in [-0.2, -0.15) is 0 Å². The SMILES string of the molecule is O=C(NC(CS(=O)O)C(=O)O)OCC1c2ccccc2-c2ccccc21. The number of hydrogen-bond donors (Lipinski definition) is 3. The van der Waals surface area contributed by atoms with E-state index in [2.05, 4.69) is 5.32 Å². The maximum Gasteiger partial charge on any atom is 0.407 e. The molecule has 0 radical (unpaired) electrons. The average Bonchev–Trinajstić information content (AvgIpc) is 2.93. The summed E-state index contributed by atoms with van der Waals surface area (Å²) in [6.07, 6.45) is -0.940. The number of nitrogens with one attached hydrogen (secondary N) is 1. The molecular weight excluding hydrogens is 358 g/mol. The Bertz CT molecular complexity index is 823. The summed E-state index contributed by atoms with van der Waals surface area (Å²) in [5, 5.41) is 11.1. The molecule has 1 amide bonds. The van der Waals surface area contributed by atoms with E-state index in [0.717, 1.165) is 22.3 Å². The van der Waals surface area contributed by atoms with Gasteiger partial charge in [0.2, 0.25) is 0 Å². The van der Waals surface area contributed by atoms with E-state index in [1.54, 1.807) is 0 Å². The lowest BCUT2D eigenvalue weighted by Gasteiger charge is -2.16. The zero-order valence-corrected chi connectivity index (χ0v) is 14.4. The first-order valence-electron chi connectivity index (χ1n) is 7.89. The van der Waals surface area contributed by atoms with Crippen molar-refractivity contribution in [2.45, 2.75) is 12.0 Å². The highest BCUT2D eigenvalue weighted by molar-refractivity contribution is 7.79. The highest BCUT2D eigenvalue weighted by Gasteiger charge is 2.30. The number of carboxylic acids is 1. The fourth-order valence-electron chi connectivity index (χ4n) is 3.10. The zero-order chi connectivity index (χ0) is 18.7. The molecule has 2 aromatic carbocycles. The van der Waals surface area contributed by atoms with Crippen LogP contribution in [0.5, 0.6) is 0 Å². The number of aliphatic carboxylic acids is 1. The molecule has 8 heteroatoms. The summed E-state index contributed by atoms with van der Waals surface area (Å²) in [6, 6.07) is 14.2. The Morgan fingerprint density at radius 1 is 1.08 bits per heavy atom. The Morgan fingerprint density at radius 3 is 2.12 bits per heavy atom. The summed E-state index contributed by atoms with van der Waals surface area (Å²) < 4.78 is 24.8. The summed E-state index contributed by atoms with van der Waals surface area (Å²) in [6.45, 7) is 0.0361. The van der Waals surface area contributed by atoms with Crippen LogP contribution in [-0.2, 0) is 20.6 Å². The van der Waals surface area contributed by atoms with Crippen LogP contribution in [-0.4, -0.2) is 44.3 Å². The van der Waals surface area contributed by atoms with E-state index < -0.39 is 34.9 Å². The smallest absolute Gasteiger partial charge is 0.407 e. The van der Waals surface area contributed by atoms with E-state index in [1.807, 2.05) is 48.5 Å². The van der Waals surface area contributed by atoms with Crippen LogP contribution in [0.25, 0.3) is 11.1 Å². The Balaban J connectivity index is 1.71. The number of carbonyl (C=O) groups excluding carboxylic acids is 1. The van der Waals surface area contributed by atoms with Gasteiger partial charge in [-0.1, -0.05) is 48.5 Å². The average molecular weight is 375 g/mol. The molecule has 1 aliphatic carbocycles. The minimum Gasteiger partial charge on any atom is -0.480 e. The number of ether oxygens (including phenoxy) is 1. The number of hydrogen-bond acceptors (Lipinski definition) is 4. The first-order valence-corrected chi connectivity index (χ1v) is 9.16. The van der Waals surface area contributed by atoms with Gasteiger partial charge in [0.15, 0.2) is 11.1 Å². The van der Waals surface area contributed by atoms with Crippen molar-refractivity contribution in [3.63, 3.8) is 0 Å². The molecular formula is C18H17NO6S. The van der Waals surface area contributed by atoms with Gasteiger partial charge in [-0.15, -0.1) is 0 Å². The van der Waals surface area contributed by atoms with Crippen LogP contribution >= 0.6 is 0 Å². The quantitative estimate of drug-likeness (QED) is 0.667. The van der Waals surface area contributed by atoms with Crippen molar-refractivity contribution in [2.75, 3.05) is 12.4 Å². The number of carboxylic acid groups (broad SMARTS) is 1. The summed E-state index contributed by atoms with van der Waals surface area (Å²) in [5.41, 5.74) is 4.23. The molecule has 136 valence electrons. The molecule has 26 heavy (non-hydrogen) atoms. The molecule has 0 aliphatic heterocycles. The summed E-state index contributed by atoms with van der Waals surface area (Å²) in [5.74, 6) is -2.16. The van der Waals surface area contributed by atoms with E-state index in [1.165, 1.54) is 0 Å². The maximum absolute atomic E-state index is 11.9. The fourth-order valence-corrected chi connectivity index (χ4v) is 3.61. The van der Waals surface area contributed by atoms with Crippen LogP contribution in [0.1, 0.15) is 17.0 Å². The predicted molar refractivity (Wildman–Crippen MR) is 95.3 cm³/mol. The lowest BCUT2D eigenvalue weighted by Crippen LogP contribution is -2.44. The van der Waals surface area contributed by atoms with Gasteiger partial charge in [-0.3, -0.25) is 0 Å². The van der Waals surface area contributed by atoms with Gasteiger partial charge < -0.3 is 19.7 Å². The van der Waals surface area contributed by atoms with Crippen molar-refractivity contribution in [3.8, 4) is 11.1 Å². The van der Waals surface area contributed by atoms with Crippen molar-refractivity contribution >= 4 is 23.1 Å². The molecule has 0 spiro atoms. The minimum absolute atomic E-state index is 0.0361. The van der Waals surface area contributed by atoms with E-state index in [0.29, 0.717) is 0 Å². The molecule has 3 N–H and O–H groups in total. The standard InChI is InChI=1S/C18H17NO6S/c20-17(21)16(10-26(23)24)19-18(22)25-9-15-13-7-3-1-5-11(13)12-6-2-4-8-14(12)15/h1-8,15-16H,9-10H2,(H,19,22)(H,20,21)(H,23,24). The Kier molecular flexibility index (Phi) is 5.34. The summed E-state index contributed by atoms with van der Waals surface area (Å²) >= 11 is -2.35. The van der Waals surface area contributed by atoms with Crippen molar-refractivity contribution in [2.24, 2.45) is 0 Å². The maximum atomic E-state index is 11.9. The monoisotopic (exact) mass is 375 g/mol. The fraction of sp³-hybridized carbons (Fsp3) is 0.222. The van der Waals surface area contributed by atoms with Crippen LogP contribution in [0, 0.1) is 0 Å². The molecule has 0 heterocycles. The van der Waals surface area contributed by atoms with Crippen molar-refractivity contribution < 1.29 is 28.2 Å². The van der Waals surface area contributed by atoms with Crippen molar-refractivity contribution in [1.29, 1.82) is 0 Å². The second-order valence-corrected chi connectivity index (χ2v) is 6.83. The molecule has 0 saturated heterocycles. The number of benzene rings is 2. The Labute approximate surface area is 152 Å². The van der Waals surface area contributed by atoms with Gasteiger partial charge in [0, 0.05) is 5.92 Å². The highest BCUT2D eigenvalue weighted by Crippen LogP contribution is 2.44. The third-order valence-corrected chi connectivity index (χ3v) is 4.86. The Hall–Kier alpha value is -2.71. The number of fused-ring (bicyclic) bond motifs is 3. The van der Waals surface area contributed by atoms with Crippen LogP contribution in [0.3, 0.4) is 0 Å². The third-order valence-electron chi connectivity index (χ3n) is 4.24. The van der Waals surface area contributed by atoms with Crippen LogP contribution in [0.15, 0.2) is 48.5 Å². The van der Waals surface area contributed by atoms with Crippen molar-refractivity contribution in [3.05, 3.63) is 59.7 Å². The number of carbonyl (C=O) groups is 2. The minimum atomic E-state index is -2.35. The molecule has 0 bridgehead atoms. The molecule has 1 aliphatic rings. The second-order valence-electron chi connectivity index (χ2n) is 5.85. The number of rotatable bonds is 6. The van der Waals surface area contributed by atoms with Gasteiger partial charge in [0.1, 0.15) is 12.6 Å². The van der Waals surface area contributed by atoms with Gasteiger partial charge in [0.25, 0.3) is 0 Å². The van der Waals surface area contributed by atoms with E-state index >= 15 is 0 Å².